The quantitative estimate of drug-likeness (QED) is 0.501. The third-order valence-corrected chi connectivity index (χ3v) is 4.79. The molecule has 1 aliphatic rings. The third-order valence-electron chi connectivity index (χ3n) is 3.72. The van der Waals surface area contributed by atoms with Crippen LogP contribution < -0.4 is 11.3 Å². The number of hydrogen-bond donors (Lipinski definition) is 2. The number of piperazine rings is 1. The van der Waals surface area contributed by atoms with E-state index in [1.54, 1.807) is 0 Å². The van der Waals surface area contributed by atoms with Crippen LogP contribution in [0, 0.1) is 0 Å². The maximum Gasteiger partial charge on any atom is 0.275 e. The summed E-state index contributed by atoms with van der Waals surface area (Å²) < 4.78 is 0. The van der Waals surface area contributed by atoms with Crippen LogP contribution in [0.25, 0.3) is 0 Å². The Morgan fingerprint density at radius 3 is 2.50 bits per heavy atom. The van der Waals surface area contributed by atoms with E-state index < -0.39 is 0 Å². The van der Waals surface area contributed by atoms with Gasteiger partial charge in [-0.25, -0.2) is 5.84 Å². The molecule has 1 saturated heterocycles. The van der Waals surface area contributed by atoms with Gasteiger partial charge in [0.2, 0.25) is 0 Å². The summed E-state index contributed by atoms with van der Waals surface area (Å²) in [5.74, 6) is 4.94. The Hall–Kier alpha value is -0.950. The van der Waals surface area contributed by atoms with Crippen molar-refractivity contribution >= 4 is 17.2 Å². The highest BCUT2D eigenvalue weighted by Gasteiger charge is 2.25. The average molecular weight is 296 g/mol. The fourth-order valence-corrected chi connectivity index (χ4v) is 3.41. The zero-order valence-electron chi connectivity index (χ0n) is 12.5. The van der Waals surface area contributed by atoms with Crippen LogP contribution >= 0.6 is 11.3 Å². The fraction of sp³-hybridized carbons (Fsp3) is 0.643. The second-order valence-corrected chi connectivity index (χ2v) is 7.34. The zero-order valence-corrected chi connectivity index (χ0v) is 13.3. The first-order valence-corrected chi connectivity index (χ1v) is 7.79. The molecular formula is C14H24N4OS. The Labute approximate surface area is 124 Å². The van der Waals surface area contributed by atoms with Crippen LogP contribution in [-0.2, 0) is 6.54 Å². The van der Waals surface area contributed by atoms with Crippen molar-refractivity contribution in [3.8, 4) is 0 Å². The van der Waals surface area contributed by atoms with Crippen molar-refractivity contribution in [1.29, 1.82) is 0 Å². The SMILES string of the molecule is CC(C)(C)N1CCN(Cc2ccc(C(=O)NN)s2)CC1. The second kappa shape index (κ2) is 6.22. The molecule has 1 fully saturated rings. The van der Waals surface area contributed by atoms with E-state index in [0.29, 0.717) is 4.88 Å². The van der Waals surface area contributed by atoms with E-state index in [-0.39, 0.29) is 11.4 Å². The van der Waals surface area contributed by atoms with Gasteiger partial charge in [0.1, 0.15) is 0 Å². The van der Waals surface area contributed by atoms with Crippen LogP contribution in [0.1, 0.15) is 35.3 Å². The van der Waals surface area contributed by atoms with Crippen molar-refractivity contribution in [3.63, 3.8) is 0 Å². The molecule has 0 saturated carbocycles. The molecule has 2 heterocycles. The van der Waals surface area contributed by atoms with Gasteiger partial charge in [-0.2, -0.15) is 0 Å². The topological polar surface area (TPSA) is 61.6 Å². The lowest BCUT2D eigenvalue weighted by molar-refractivity contribution is 0.0595. The minimum atomic E-state index is -0.209. The first-order valence-electron chi connectivity index (χ1n) is 6.97. The second-order valence-electron chi connectivity index (χ2n) is 6.17. The van der Waals surface area contributed by atoms with Crippen LogP contribution in [0.3, 0.4) is 0 Å². The zero-order chi connectivity index (χ0) is 14.8. The van der Waals surface area contributed by atoms with Gasteiger partial charge in [0.05, 0.1) is 4.88 Å². The largest absolute Gasteiger partial charge is 0.296 e. The fourth-order valence-electron chi connectivity index (χ4n) is 2.45. The van der Waals surface area contributed by atoms with E-state index in [4.69, 9.17) is 5.84 Å². The van der Waals surface area contributed by atoms with Crippen LogP contribution in [-0.4, -0.2) is 47.4 Å². The summed E-state index contributed by atoms with van der Waals surface area (Å²) in [5.41, 5.74) is 2.42. The van der Waals surface area contributed by atoms with E-state index >= 15 is 0 Å². The first kappa shape index (κ1) is 15.4. The molecule has 20 heavy (non-hydrogen) atoms. The van der Waals surface area contributed by atoms with Crippen molar-refractivity contribution in [2.45, 2.75) is 32.9 Å². The minimum absolute atomic E-state index is 0.209. The van der Waals surface area contributed by atoms with Gasteiger partial charge >= 0.3 is 0 Å². The molecule has 112 valence electrons. The molecule has 0 unspecified atom stereocenters. The first-order chi connectivity index (χ1) is 9.40. The molecule has 6 heteroatoms. The number of nitrogen functional groups attached to an aromatic ring is 1. The van der Waals surface area contributed by atoms with Gasteiger partial charge in [-0.05, 0) is 32.9 Å². The molecule has 1 aromatic rings. The molecule has 0 bridgehead atoms. The highest BCUT2D eigenvalue weighted by molar-refractivity contribution is 7.14. The van der Waals surface area contributed by atoms with Gasteiger partial charge in [0.25, 0.3) is 5.91 Å². The number of nitrogens with one attached hydrogen (secondary N) is 1. The highest BCUT2D eigenvalue weighted by atomic mass is 32.1. The van der Waals surface area contributed by atoms with Crippen LogP contribution in [0.2, 0.25) is 0 Å². The smallest absolute Gasteiger partial charge is 0.275 e. The summed E-state index contributed by atoms with van der Waals surface area (Å²) in [6.45, 7) is 12.1. The molecule has 0 aromatic carbocycles. The lowest BCUT2D eigenvalue weighted by atomic mass is 10.1. The van der Waals surface area contributed by atoms with Crippen LogP contribution in [0.15, 0.2) is 12.1 Å². The number of hydrogen-bond acceptors (Lipinski definition) is 5. The van der Waals surface area contributed by atoms with Crippen LogP contribution in [0.4, 0.5) is 0 Å². The molecule has 2 rings (SSSR count). The predicted octanol–water partition coefficient (Wildman–Crippen LogP) is 1.27. The number of nitrogens with zero attached hydrogens (tertiary/aromatic N) is 2. The van der Waals surface area contributed by atoms with Crippen molar-refractivity contribution in [2.75, 3.05) is 26.2 Å². The van der Waals surface area contributed by atoms with Crippen molar-refractivity contribution in [3.05, 3.63) is 21.9 Å². The van der Waals surface area contributed by atoms with Gasteiger partial charge in [-0.1, -0.05) is 0 Å². The van der Waals surface area contributed by atoms with Crippen LogP contribution in [0.5, 0.6) is 0 Å². The van der Waals surface area contributed by atoms with Crippen molar-refractivity contribution in [1.82, 2.24) is 15.2 Å². The van der Waals surface area contributed by atoms with E-state index in [1.165, 1.54) is 16.2 Å². The number of nitrogens with two attached hydrogens (primary N) is 1. The molecule has 1 aromatic heterocycles. The Kier molecular flexibility index (Phi) is 4.80. The number of thiophene rings is 1. The van der Waals surface area contributed by atoms with Gasteiger partial charge in [-0.15, -0.1) is 11.3 Å². The molecule has 5 nitrogen and oxygen atoms in total. The van der Waals surface area contributed by atoms with E-state index in [2.05, 4.69) is 36.0 Å². The number of rotatable bonds is 3. The maximum absolute atomic E-state index is 11.4. The number of amides is 1. The Morgan fingerprint density at radius 2 is 1.95 bits per heavy atom. The minimum Gasteiger partial charge on any atom is -0.296 e. The van der Waals surface area contributed by atoms with Gasteiger partial charge in [-0.3, -0.25) is 20.0 Å². The molecule has 0 spiro atoms. The summed E-state index contributed by atoms with van der Waals surface area (Å²) in [6.07, 6.45) is 0. The number of hydrazine groups is 1. The molecular weight excluding hydrogens is 272 g/mol. The maximum atomic E-state index is 11.4. The molecule has 3 N–H and O–H groups in total. The highest BCUT2D eigenvalue weighted by Crippen LogP contribution is 2.21. The van der Waals surface area contributed by atoms with E-state index in [9.17, 15) is 4.79 Å². The molecule has 0 aliphatic carbocycles. The lowest BCUT2D eigenvalue weighted by Crippen LogP contribution is -2.53. The molecule has 0 atom stereocenters. The van der Waals surface area contributed by atoms with Crippen molar-refractivity contribution < 1.29 is 4.79 Å². The normalized spacial score (nSPS) is 18.2. The molecule has 1 aliphatic heterocycles. The van der Waals surface area contributed by atoms with E-state index in [0.717, 1.165) is 32.7 Å². The number of carbonyl (C=O) groups is 1. The monoisotopic (exact) mass is 296 g/mol. The van der Waals surface area contributed by atoms with Gasteiger partial charge in [0, 0.05) is 43.1 Å². The Bertz CT molecular complexity index is 458. The average Bonchev–Trinajstić information content (AvgIpc) is 2.86. The van der Waals surface area contributed by atoms with Crippen molar-refractivity contribution in [2.24, 2.45) is 5.84 Å². The predicted molar refractivity (Wildman–Crippen MR) is 82.6 cm³/mol. The molecule has 1 amide bonds. The Balaban J connectivity index is 1.87. The summed E-state index contributed by atoms with van der Waals surface area (Å²) >= 11 is 1.52. The number of carbonyl (C=O) groups excluding carboxylic acids is 1. The van der Waals surface area contributed by atoms with E-state index in [1.807, 2.05) is 12.1 Å². The summed E-state index contributed by atoms with van der Waals surface area (Å²) in [7, 11) is 0. The van der Waals surface area contributed by atoms with Gasteiger partial charge < -0.3 is 0 Å². The van der Waals surface area contributed by atoms with Gasteiger partial charge in [0.15, 0.2) is 0 Å². The lowest BCUT2D eigenvalue weighted by Gasteiger charge is -2.42. The summed E-state index contributed by atoms with van der Waals surface area (Å²) in [4.78, 5) is 18.3. The third kappa shape index (κ3) is 3.79. The summed E-state index contributed by atoms with van der Waals surface area (Å²) in [5, 5.41) is 0. The molecule has 0 radical (unpaired) electrons. The standard InChI is InChI=1S/C14H24N4OS/c1-14(2,3)18-8-6-17(7-9-18)10-11-4-5-12(20-11)13(19)16-15/h4-5H,6-10,15H2,1-3H3,(H,16,19). The Morgan fingerprint density at radius 1 is 1.30 bits per heavy atom. The summed E-state index contributed by atoms with van der Waals surface area (Å²) in [6, 6.07) is 3.86.